The van der Waals surface area contributed by atoms with E-state index in [1.165, 1.54) is 48.4 Å². The number of hydrogen-bond donors (Lipinski definition) is 1. The number of fused-ring (bicyclic) bond motifs is 1. The summed E-state index contributed by atoms with van der Waals surface area (Å²) in [5.41, 5.74) is -0.632. The molecule has 0 saturated carbocycles. The number of pyridine rings is 1. The highest BCUT2D eigenvalue weighted by molar-refractivity contribution is 7.93. The number of hydrogen-bond acceptors (Lipinski definition) is 9. The van der Waals surface area contributed by atoms with Crippen LogP contribution in [0.4, 0.5) is 16.2 Å². The first-order chi connectivity index (χ1) is 22.7. The maximum atomic E-state index is 15.5. The van der Waals surface area contributed by atoms with Crippen molar-refractivity contribution in [1.82, 2.24) is 9.88 Å². The molecule has 2 aliphatic heterocycles. The van der Waals surface area contributed by atoms with E-state index in [0.717, 1.165) is 9.99 Å². The fourth-order valence-electron chi connectivity index (χ4n) is 6.66. The summed E-state index contributed by atoms with van der Waals surface area (Å²) in [7, 11) is -3.33. The van der Waals surface area contributed by atoms with E-state index in [4.69, 9.17) is 9.47 Å². The van der Waals surface area contributed by atoms with Gasteiger partial charge in [0.05, 0.1) is 37.1 Å². The summed E-state index contributed by atoms with van der Waals surface area (Å²) in [6.45, 7) is 2.29. The van der Waals surface area contributed by atoms with Crippen LogP contribution in [0.15, 0.2) is 96.2 Å². The molecule has 1 aromatic heterocycles. The number of methoxy groups -OCH3 is 1. The molecule has 0 spiro atoms. The van der Waals surface area contributed by atoms with Crippen molar-refractivity contribution in [2.75, 3.05) is 42.6 Å². The summed E-state index contributed by atoms with van der Waals surface area (Å²) in [5.74, 6) is -0.607. The third kappa shape index (κ3) is 4.97. The van der Waals surface area contributed by atoms with Crippen LogP contribution in [-0.2, 0) is 20.2 Å². The highest BCUT2D eigenvalue weighted by Gasteiger charge is 2.64. The predicted octanol–water partition coefficient (Wildman–Crippen LogP) is 4.25. The Labute approximate surface area is 272 Å². The molecule has 47 heavy (non-hydrogen) atoms. The summed E-state index contributed by atoms with van der Waals surface area (Å²) in [4.78, 5) is 35.5. The number of nitriles is 1. The number of ether oxygens (including phenoxy) is 2. The quantitative estimate of drug-likeness (QED) is 0.292. The van der Waals surface area contributed by atoms with E-state index in [1.807, 2.05) is 4.90 Å². The summed E-state index contributed by atoms with van der Waals surface area (Å²) in [6, 6.07) is 21.5. The second-order valence-corrected chi connectivity index (χ2v) is 12.7. The van der Waals surface area contributed by atoms with Crippen molar-refractivity contribution in [2.24, 2.45) is 0 Å². The normalized spacial score (nSPS) is 19.2. The first-order valence-electron chi connectivity index (χ1n) is 14.8. The summed E-state index contributed by atoms with van der Waals surface area (Å²) < 4.78 is 41.4. The van der Waals surface area contributed by atoms with Crippen molar-refractivity contribution in [3.8, 4) is 17.6 Å². The number of piperazine rings is 1. The molecule has 4 aromatic rings. The lowest BCUT2D eigenvalue weighted by molar-refractivity contribution is -0.122. The van der Waals surface area contributed by atoms with Gasteiger partial charge in [0.1, 0.15) is 21.8 Å². The largest absolute Gasteiger partial charge is 0.495 e. The van der Waals surface area contributed by atoms with Gasteiger partial charge in [-0.05, 0) is 55.5 Å². The molecule has 12 nitrogen and oxygen atoms in total. The smallest absolute Gasteiger partial charge is 0.407 e. The zero-order valence-corrected chi connectivity index (χ0v) is 26.4. The Morgan fingerprint density at radius 1 is 1.02 bits per heavy atom. The first-order valence-corrected chi connectivity index (χ1v) is 16.3. The third-order valence-corrected chi connectivity index (χ3v) is 10.4. The summed E-state index contributed by atoms with van der Waals surface area (Å²) in [5, 5.41) is 20.6. The molecule has 2 atom stereocenters. The molecule has 1 fully saturated rings. The number of carbonyl (C=O) groups excluding carboxylic acids is 1. The van der Waals surface area contributed by atoms with Gasteiger partial charge < -0.3 is 24.4 Å². The van der Waals surface area contributed by atoms with E-state index in [2.05, 4.69) is 11.1 Å². The number of amides is 2. The zero-order chi connectivity index (χ0) is 33.3. The van der Waals surface area contributed by atoms with Gasteiger partial charge in [-0.15, -0.1) is 0 Å². The van der Waals surface area contributed by atoms with Gasteiger partial charge in [0.2, 0.25) is 0 Å². The SMILES string of the molecule is CCOc1ccccc1C1(C2CN(c3ccncc3)CCN2C(=O)O)C(=O)N(S(=O)(=O)c2ccccc2OC)c2ccc(C#N)cc21. The second kappa shape index (κ2) is 12.3. The minimum Gasteiger partial charge on any atom is -0.495 e. The Kier molecular flexibility index (Phi) is 8.21. The minimum absolute atomic E-state index is 0.000681. The predicted molar refractivity (Wildman–Crippen MR) is 172 cm³/mol. The van der Waals surface area contributed by atoms with Crippen LogP contribution in [0.1, 0.15) is 23.6 Å². The number of rotatable bonds is 8. The van der Waals surface area contributed by atoms with Crippen molar-refractivity contribution in [3.05, 3.63) is 108 Å². The maximum Gasteiger partial charge on any atom is 0.407 e. The molecule has 13 heteroatoms. The number of sulfonamides is 1. The van der Waals surface area contributed by atoms with E-state index < -0.39 is 33.5 Å². The van der Waals surface area contributed by atoms with Gasteiger partial charge in [0.25, 0.3) is 15.9 Å². The average Bonchev–Trinajstić information content (AvgIpc) is 3.36. The molecular weight excluding hydrogens is 622 g/mol. The highest BCUT2D eigenvalue weighted by Crippen LogP contribution is 2.54. The van der Waals surface area contributed by atoms with Crippen LogP contribution in [0.5, 0.6) is 11.5 Å². The van der Waals surface area contributed by atoms with Gasteiger partial charge in [-0.25, -0.2) is 17.5 Å². The molecule has 6 rings (SSSR count). The van der Waals surface area contributed by atoms with Gasteiger partial charge in [-0.1, -0.05) is 30.3 Å². The molecule has 2 aliphatic rings. The van der Waals surface area contributed by atoms with Crippen molar-refractivity contribution in [1.29, 1.82) is 5.26 Å². The Bertz CT molecular complexity index is 2000. The Morgan fingerprint density at radius 2 is 1.72 bits per heavy atom. The molecule has 0 bridgehead atoms. The molecule has 3 heterocycles. The number of benzene rings is 3. The number of aromatic nitrogens is 1. The standard InChI is InChI=1S/C34H31N5O7S/c1-3-46-28-9-5-4-8-25(28)34(31-22-37(18-19-38(31)33(41)42)24-14-16-36-17-15-24)26-20-23(21-35)12-13-27(26)39(32(34)40)47(43,44)30-11-7-6-10-29(30)45-2/h4-17,20,31H,3,18-19,22H2,1-2H3,(H,41,42). The molecule has 1 N–H and O–H groups in total. The Hall–Kier alpha value is -5.61. The average molecular weight is 654 g/mol. The maximum absolute atomic E-state index is 15.5. The molecule has 240 valence electrons. The van der Waals surface area contributed by atoms with E-state index in [0.29, 0.717) is 6.54 Å². The fraction of sp³-hybridized carbons (Fsp3) is 0.235. The van der Waals surface area contributed by atoms with Crippen LogP contribution in [-0.4, -0.2) is 74.8 Å². The van der Waals surface area contributed by atoms with Crippen LogP contribution < -0.4 is 18.7 Å². The summed E-state index contributed by atoms with van der Waals surface area (Å²) in [6.07, 6.45) is 1.95. The molecule has 1 saturated heterocycles. The lowest BCUT2D eigenvalue weighted by atomic mass is 9.67. The molecule has 0 aliphatic carbocycles. The topological polar surface area (TPSA) is 153 Å². The molecule has 3 aromatic carbocycles. The van der Waals surface area contributed by atoms with Crippen LogP contribution in [0, 0.1) is 11.3 Å². The lowest BCUT2D eigenvalue weighted by Gasteiger charge is -2.48. The number of anilines is 2. The van der Waals surface area contributed by atoms with E-state index in [-0.39, 0.29) is 58.5 Å². The highest BCUT2D eigenvalue weighted by atomic mass is 32.2. The molecule has 2 amide bonds. The van der Waals surface area contributed by atoms with Gasteiger partial charge in [0.15, 0.2) is 0 Å². The summed E-state index contributed by atoms with van der Waals surface area (Å²) >= 11 is 0. The number of carboxylic acid groups (broad SMARTS) is 1. The Balaban J connectivity index is 1.70. The molecular formula is C34H31N5O7S. The van der Waals surface area contributed by atoms with Crippen molar-refractivity contribution < 1.29 is 32.6 Å². The lowest BCUT2D eigenvalue weighted by Crippen LogP contribution is -2.66. The Morgan fingerprint density at radius 3 is 2.40 bits per heavy atom. The van der Waals surface area contributed by atoms with Gasteiger partial charge >= 0.3 is 6.09 Å². The van der Waals surface area contributed by atoms with Crippen molar-refractivity contribution >= 4 is 33.4 Å². The second-order valence-electron chi connectivity index (χ2n) is 10.9. The minimum atomic E-state index is -4.66. The van der Waals surface area contributed by atoms with E-state index in [1.54, 1.807) is 61.8 Å². The zero-order valence-electron chi connectivity index (χ0n) is 25.6. The fourth-order valence-corrected chi connectivity index (χ4v) is 8.29. The number of nitrogens with zero attached hydrogens (tertiary/aromatic N) is 5. The monoisotopic (exact) mass is 653 g/mol. The van der Waals surface area contributed by atoms with E-state index in [9.17, 15) is 23.6 Å². The van der Waals surface area contributed by atoms with Crippen LogP contribution in [0.2, 0.25) is 0 Å². The van der Waals surface area contributed by atoms with Crippen molar-refractivity contribution in [3.63, 3.8) is 0 Å². The number of para-hydroxylation sites is 2. The molecule has 0 radical (unpaired) electrons. The molecule has 2 unspecified atom stereocenters. The van der Waals surface area contributed by atoms with E-state index >= 15 is 4.79 Å². The first kappa shape index (κ1) is 31.4. The van der Waals surface area contributed by atoms with Gasteiger partial charge in [0, 0.05) is 48.8 Å². The van der Waals surface area contributed by atoms with Gasteiger partial charge in [-0.3, -0.25) is 9.78 Å². The van der Waals surface area contributed by atoms with Crippen molar-refractivity contribution in [2.45, 2.75) is 23.3 Å². The number of carbonyl (C=O) groups is 2. The third-order valence-electron chi connectivity index (χ3n) is 8.64. The van der Waals surface area contributed by atoms with Crippen LogP contribution in [0.25, 0.3) is 0 Å². The van der Waals surface area contributed by atoms with Crippen LogP contribution in [0.3, 0.4) is 0 Å². The van der Waals surface area contributed by atoms with Gasteiger partial charge in [-0.2, -0.15) is 5.26 Å². The van der Waals surface area contributed by atoms with Crippen LogP contribution >= 0.6 is 0 Å².